The molecule has 0 fully saturated rings. The van der Waals surface area contributed by atoms with Gasteiger partial charge in [-0.25, -0.2) is 4.68 Å². The number of rotatable bonds is 0. The monoisotopic (exact) mass is 215 g/mol. The summed E-state index contributed by atoms with van der Waals surface area (Å²) in [5.41, 5.74) is 0. The first-order valence-electron chi connectivity index (χ1n) is 5.06. The quantitative estimate of drug-likeness (QED) is 0.638. The van der Waals surface area contributed by atoms with Crippen LogP contribution < -0.4 is 9.67 Å². The molecule has 1 aliphatic heterocycles. The van der Waals surface area contributed by atoms with Gasteiger partial charge in [0, 0.05) is 20.1 Å². The van der Waals surface area contributed by atoms with Crippen LogP contribution in [0.3, 0.4) is 0 Å². The van der Waals surface area contributed by atoms with E-state index in [4.69, 9.17) is 0 Å². The molecule has 1 aliphatic rings. The van der Waals surface area contributed by atoms with Crippen molar-refractivity contribution >= 4 is 11.3 Å². The highest BCUT2D eigenvalue weighted by Gasteiger charge is 2.11. The molecule has 80 valence electrons. The van der Waals surface area contributed by atoms with Crippen molar-refractivity contribution in [1.29, 1.82) is 0 Å². The van der Waals surface area contributed by atoms with E-state index in [0.29, 0.717) is 0 Å². The van der Waals surface area contributed by atoms with Gasteiger partial charge in [0.1, 0.15) is 0 Å². The highest BCUT2D eigenvalue weighted by molar-refractivity contribution is 7.06. The Kier molecular flexibility index (Phi) is 4.13. The van der Waals surface area contributed by atoms with E-state index in [2.05, 4.69) is 4.99 Å². The molecule has 0 amide bonds. The predicted octanol–water partition coefficient (Wildman–Crippen LogP) is 1.06. The fraction of sp³-hybridized carbons (Fsp3) is 0.778. The molecule has 0 aliphatic carbocycles. The maximum absolute atomic E-state index is 11.3. The number of nitrogens with zero attached hydrogens (tertiary/aromatic N) is 3. The van der Waals surface area contributed by atoms with E-state index in [1.165, 1.54) is 11.3 Å². The number of fused-ring (bicyclic) bond motifs is 1. The lowest BCUT2D eigenvalue weighted by Crippen LogP contribution is -2.31. The molecular weight excluding hydrogens is 198 g/mol. The zero-order valence-electron chi connectivity index (χ0n) is 8.99. The van der Waals surface area contributed by atoms with Crippen LogP contribution >= 0.6 is 11.3 Å². The van der Waals surface area contributed by atoms with Gasteiger partial charge in [0.2, 0.25) is 4.80 Å². The minimum Gasteiger partial charge on any atom is -0.261 e. The molecule has 0 saturated carbocycles. The van der Waals surface area contributed by atoms with E-state index in [9.17, 15) is 4.79 Å². The predicted molar refractivity (Wildman–Crippen MR) is 58.6 cm³/mol. The molecule has 0 N–H and O–H groups in total. The summed E-state index contributed by atoms with van der Waals surface area (Å²) >= 11 is 1.23. The summed E-state index contributed by atoms with van der Waals surface area (Å²) in [5, 5.41) is 0. The van der Waals surface area contributed by atoms with Crippen molar-refractivity contribution in [3.63, 3.8) is 0 Å². The largest absolute Gasteiger partial charge is 0.325 e. The molecule has 14 heavy (non-hydrogen) atoms. The van der Waals surface area contributed by atoms with Crippen LogP contribution in [0.4, 0.5) is 0 Å². The Labute approximate surface area is 87.5 Å². The van der Waals surface area contributed by atoms with E-state index < -0.39 is 0 Å². The Morgan fingerprint density at radius 3 is 2.36 bits per heavy atom. The van der Waals surface area contributed by atoms with Crippen molar-refractivity contribution < 1.29 is 0 Å². The average Bonchev–Trinajstić information content (AvgIpc) is 2.59. The molecule has 0 saturated heterocycles. The van der Waals surface area contributed by atoms with E-state index in [0.717, 1.165) is 30.7 Å². The Morgan fingerprint density at radius 1 is 1.21 bits per heavy atom. The fourth-order valence-corrected chi connectivity index (χ4v) is 2.34. The topological polar surface area (TPSA) is 39.3 Å². The van der Waals surface area contributed by atoms with Crippen molar-refractivity contribution in [2.24, 2.45) is 4.99 Å². The highest BCUT2D eigenvalue weighted by atomic mass is 32.1. The summed E-state index contributed by atoms with van der Waals surface area (Å²) in [6, 6.07) is 0. The smallest absolute Gasteiger partial charge is 0.261 e. The third kappa shape index (κ3) is 1.97. The summed E-state index contributed by atoms with van der Waals surface area (Å²) < 4.78 is 3.77. The molecule has 0 spiro atoms. The Bertz CT molecular complexity index is 399. The lowest BCUT2D eigenvalue weighted by molar-refractivity contribution is 0.345. The number of hydrogen-bond acceptors (Lipinski definition) is 3. The van der Waals surface area contributed by atoms with Gasteiger partial charge >= 0.3 is 4.87 Å². The van der Waals surface area contributed by atoms with Gasteiger partial charge in [0.15, 0.2) is 0 Å². The first kappa shape index (κ1) is 11.2. The van der Waals surface area contributed by atoms with Gasteiger partial charge in [0.25, 0.3) is 0 Å². The zero-order valence-corrected chi connectivity index (χ0v) is 9.80. The molecule has 5 heteroatoms. The van der Waals surface area contributed by atoms with E-state index in [-0.39, 0.29) is 4.87 Å². The molecule has 2 heterocycles. The normalized spacial score (nSPS) is 15.8. The summed E-state index contributed by atoms with van der Waals surface area (Å²) in [6.45, 7) is 5.79. The van der Waals surface area contributed by atoms with E-state index in [1.54, 1.807) is 11.7 Å². The minimum absolute atomic E-state index is 0.121. The Hall–Kier alpha value is -0.840. The minimum atomic E-state index is 0.121. The third-order valence-corrected chi connectivity index (χ3v) is 3.04. The molecule has 0 bridgehead atoms. The second kappa shape index (κ2) is 5.14. The van der Waals surface area contributed by atoms with Crippen LogP contribution in [-0.2, 0) is 13.1 Å². The molecule has 0 atom stereocenters. The molecule has 4 nitrogen and oxygen atoms in total. The SMILES string of the molecule is CC.CN=c1sc(=O)n2n1CCCC2. The van der Waals surface area contributed by atoms with Gasteiger partial charge in [-0.3, -0.25) is 14.5 Å². The van der Waals surface area contributed by atoms with Crippen molar-refractivity contribution in [2.75, 3.05) is 7.05 Å². The Morgan fingerprint density at radius 2 is 1.79 bits per heavy atom. The summed E-state index contributed by atoms with van der Waals surface area (Å²) in [7, 11) is 1.73. The highest BCUT2D eigenvalue weighted by Crippen LogP contribution is 2.02. The van der Waals surface area contributed by atoms with Crippen LogP contribution in [0.2, 0.25) is 0 Å². The molecule has 2 rings (SSSR count). The lowest BCUT2D eigenvalue weighted by Gasteiger charge is -2.15. The second-order valence-corrected chi connectivity index (χ2v) is 3.75. The fourth-order valence-electron chi connectivity index (χ4n) is 1.50. The van der Waals surface area contributed by atoms with Crippen molar-refractivity contribution in [3.05, 3.63) is 14.5 Å². The molecule has 1 aromatic rings. The van der Waals surface area contributed by atoms with E-state index in [1.807, 2.05) is 18.5 Å². The molecule has 0 radical (unpaired) electrons. The average molecular weight is 215 g/mol. The van der Waals surface area contributed by atoms with Crippen LogP contribution in [-0.4, -0.2) is 16.4 Å². The number of hydrogen-bond donors (Lipinski definition) is 0. The zero-order chi connectivity index (χ0) is 10.6. The van der Waals surface area contributed by atoms with Crippen molar-refractivity contribution in [3.8, 4) is 0 Å². The summed E-state index contributed by atoms with van der Waals surface area (Å²) in [4.78, 5) is 16.4. The van der Waals surface area contributed by atoms with Gasteiger partial charge in [-0.15, -0.1) is 0 Å². The van der Waals surface area contributed by atoms with Gasteiger partial charge in [0.05, 0.1) is 0 Å². The first-order valence-corrected chi connectivity index (χ1v) is 5.88. The van der Waals surface area contributed by atoms with Crippen LogP contribution in [0.5, 0.6) is 0 Å². The van der Waals surface area contributed by atoms with Gasteiger partial charge < -0.3 is 0 Å². The van der Waals surface area contributed by atoms with E-state index >= 15 is 0 Å². The summed E-state index contributed by atoms with van der Waals surface area (Å²) in [5.74, 6) is 0. The maximum atomic E-state index is 11.3. The van der Waals surface area contributed by atoms with Gasteiger partial charge in [-0.2, -0.15) is 0 Å². The Balaban J connectivity index is 0.000000461. The molecule has 0 aromatic carbocycles. The molecule has 0 unspecified atom stereocenters. The van der Waals surface area contributed by atoms with Crippen LogP contribution in [0, 0.1) is 0 Å². The number of aromatic nitrogens is 2. The summed E-state index contributed by atoms with van der Waals surface area (Å²) in [6.07, 6.45) is 2.27. The lowest BCUT2D eigenvalue weighted by atomic mass is 10.3. The molecular formula is C9H17N3OS. The maximum Gasteiger partial charge on any atom is 0.325 e. The third-order valence-electron chi connectivity index (χ3n) is 2.08. The van der Waals surface area contributed by atoms with Crippen molar-refractivity contribution in [2.45, 2.75) is 39.8 Å². The van der Waals surface area contributed by atoms with Crippen LogP contribution in [0.25, 0.3) is 0 Å². The van der Waals surface area contributed by atoms with Crippen LogP contribution in [0.15, 0.2) is 9.79 Å². The standard InChI is InChI=1S/C7H11N3OS.C2H6/c1-8-6-9-4-2-3-5-10(9)7(11)12-6;1-2/h2-5H2,1H3;1-2H3. The molecule has 1 aromatic heterocycles. The van der Waals surface area contributed by atoms with Gasteiger partial charge in [-0.1, -0.05) is 13.8 Å². The second-order valence-electron chi connectivity index (χ2n) is 2.83. The van der Waals surface area contributed by atoms with Gasteiger partial charge in [-0.05, 0) is 24.2 Å². The first-order chi connectivity index (χ1) is 6.83. The van der Waals surface area contributed by atoms with Crippen LogP contribution in [0.1, 0.15) is 26.7 Å². The van der Waals surface area contributed by atoms with Crippen molar-refractivity contribution in [1.82, 2.24) is 9.36 Å².